The van der Waals surface area contributed by atoms with Crippen LogP contribution in [-0.2, 0) is 10.2 Å². The van der Waals surface area contributed by atoms with Crippen molar-refractivity contribution in [2.45, 2.75) is 30.1 Å². The molecule has 0 aliphatic carbocycles. The molecule has 3 heterocycles. The van der Waals surface area contributed by atoms with E-state index in [1.807, 2.05) is 0 Å². The maximum absolute atomic E-state index is 12.9. The number of aromatic nitrogens is 3. The van der Waals surface area contributed by atoms with E-state index in [1.54, 1.807) is 19.1 Å². The number of carbonyl (C=O) groups excluding carboxylic acids is 1. The summed E-state index contributed by atoms with van der Waals surface area (Å²) in [5.41, 5.74) is -0.572. The molecule has 1 saturated heterocycles. The molecule has 32 heavy (non-hydrogen) atoms. The Morgan fingerprint density at radius 3 is 2.47 bits per heavy atom. The van der Waals surface area contributed by atoms with E-state index < -0.39 is 20.5 Å². The number of halogens is 5. The third-order valence-electron chi connectivity index (χ3n) is 5.14. The molecular formula is C19H18F5N5O2S. The fourth-order valence-electron chi connectivity index (χ4n) is 3.32. The van der Waals surface area contributed by atoms with Crippen LogP contribution in [0.4, 0.5) is 30.9 Å². The summed E-state index contributed by atoms with van der Waals surface area (Å²) in [6, 6.07) is 5.52. The van der Waals surface area contributed by atoms with Crippen molar-refractivity contribution in [3.63, 3.8) is 0 Å². The minimum absolute atomic E-state index is 0.0406. The van der Waals surface area contributed by atoms with E-state index in [1.165, 1.54) is 6.20 Å². The molecule has 4 rings (SSSR count). The van der Waals surface area contributed by atoms with Crippen LogP contribution in [0.2, 0.25) is 0 Å². The number of carbonyl (C=O) groups is 1. The molecule has 1 aliphatic heterocycles. The Bertz CT molecular complexity index is 1180. The second kappa shape index (κ2) is 6.64. The van der Waals surface area contributed by atoms with Crippen molar-refractivity contribution in [1.82, 2.24) is 20.5 Å². The normalized spacial score (nSPS) is 21.4. The lowest BCUT2D eigenvalue weighted by atomic mass is 9.82. The number of nitrogens with zero attached hydrogens (tertiary/aromatic N) is 3. The standard InChI is InChI=1S/C19H18F5N5O2S/c1-19(9-3-11-26-17(19)30)18-29-28-16(31-18)14-4-2-10-25-15(14)27-12-5-7-13(8-6-12)32(20,21,22,23)24/h2,4-8,10H,3,9,11H2,1H3,(H,25,27)(H,26,30). The number of amides is 1. The van der Waals surface area contributed by atoms with Crippen LogP contribution < -0.4 is 10.6 Å². The van der Waals surface area contributed by atoms with Crippen LogP contribution in [0.3, 0.4) is 0 Å². The molecule has 0 saturated carbocycles. The predicted octanol–water partition coefficient (Wildman–Crippen LogP) is 5.70. The Hall–Kier alpha value is -3.22. The van der Waals surface area contributed by atoms with E-state index in [0.717, 1.165) is 18.6 Å². The summed E-state index contributed by atoms with van der Waals surface area (Å²) < 4.78 is 70.3. The van der Waals surface area contributed by atoms with Crippen molar-refractivity contribution in [3.8, 4) is 11.5 Å². The van der Waals surface area contributed by atoms with Gasteiger partial charge in [-0.2, -0.15) is 0 Å². The van der Waals surface area contributed by atoms with Gasteiger partial charge >= 0.3 is 10.2 Å². The smallest absolute Gasteiger partial charge is 0.310 e. The molecule has 1 atom stereocenters. The Balaban J connectivity index is 1.63. The average Bonchev–Trinajstić information content (AvgIpc) is 3.20. The highest BCUT2D eigenvalue weighted by atomic mass is 32.5. The molecule has 0 radical (unpaired) electrons. The van der Waals surface area contributed by atoms with Crippen LogP contribution in [0, 0.1) is 0 Å². The summed E-state index contributed by atoms with van der Waals surface area (Å²) in [5.74, 6) is 0.0899. The lowest BCUT2D eigenvalue weighted by Gasteiger charge is -2.40. The van der Waals surface area contributed by atoms with Crippen molar-refractivity contribution in [2.24, 2.45) is 0 Å². The minimum atomic E-state index is -9.76. The van der Waals surface area contributed by atoms with Gasteiger partial charge in [-0.1, -0.05) is 19.4 Å². The number of anilines is 2. The molecule has 172 valence electrons. The maximum Gasteiger partial charge on any atom is 0.310 e. The number of hydrogen-bond donors (Lipinski definition) is 2. The van der Waals surface area contributed by atoms with E-state index in [0.29, 0.717) is 30.7 Å². The molecule has 2 N–H and O–H groups in total. The van der Waals surface area contributed by atoms with Gasteiger partial charge in [0.05, 0.1) is 5.56 Å². The molecular weight excluding hydrogens is 457 g/mol. The minimum Gasteiger partial charge on any atom is -0.419 e. The van der Waals surface area contributed by atoms with Gasteiger partial charge in [-0.15, -0.1) is 10.2 Å². The monoisotopic (exact) mass is 475 g/mol. The first-order chi connectivity index (χ1) is 14.8. The van der Waals surface area contributed by atoms with Gasteiger partial charge in [0.25, 0.3) is 5.89 Å². The van der Waals surface area contributed by atoms with Crippen LogP contribution in [0.5, 0.6) is 0 Å². The highest BCUT2D eigenvalue weighted by Gasteiger charge is 2.65. The van der Waals surface area contributed by atoms with Crippen LogP contribution in [0.1, 0.15) is 25.7 Å². The number of nitrogens with one attached hydrogen (secondary N) is 2. The molecule has 7 nitrogen and oxygen atoms in total. The molecule has 0 spiro atoms. The first kappa shape index (κ1) is 22.0. The zero-order valence-electron chi connectivity index (χ0n) is 16.6. The molecule has 1 aromatic carbocycles. The molecule has 1 aliphatic rings. The molecule has 2 aromatic heterocycles. The first-order valence-corrected chi connectivity index (χ1v) is 11.4. The van der Waals surface area contributed by atoms with Crippen LogP contribution in [0.25, 0.3) is 11.5 Å². The Kier molecular flexibility index (Phi) is 4.56. The Labute approximate surface area is 179 Å². The second-order valence-corrected chi connectivity index (χ2v) is 10.0. The van der Waals surface area contributed by atoms with E-state index >= 15 is 0 Å². The highest BCUT2D eigenvalue weighted by Crippen LogP contribution is 3.02. The van der Waals surface area contributed by atoms with Crippen molar-refractivity contribution in [1.29, 1.82) is 0 Å². The lowest BCUT2D eigenvalue weighted by molar-refractivity contribution is -0.128. The fraction of sp³-hybridized carbons (Fsp3) is 0.263. The summed E-state index contributed by atoms with van der Waals surface area (Å²) in [6.07, 6.45) is 2.69. The maximum atomic E-state index is 12.9. The third-order valence-corrected chi connectivity index (χ3v) is 6.30. The van der Waals surface area contributed by atoms with Gasteiger partial charge in [0.2, 0.25) is 11.8 Å². The van der Waals surface area contributed by atoms with Crippen molar-refractivity contribution in [3.05, 3.63) is 48.5 Å². The highest BCUT2D eigenvalue weighted by molar-refractivity contribution is 8.45. The van der Waals surface area contributed by atoms with Gasteiger partial charge in [-0.25, -0.2) is 4.98 Å². The van der Waals surface area contributed by atoms with Gasteiger partial charge in [0.15, 0.2) is 0 Å². The summed E-state index contributed by atoms with van der Waals surface area (Å²) in [7, 11) is -9.76. The molecule has 1 fully saturated rings. The van der Waals surface area contributed by atoms with E-state index in [4.69, 9.17) is 4.42 Å². The van der Waals surface area contributed by atoms with E-state index in [9.17, 15) is 24.2 Å². The topological polar surface area (TPSA) is 92.9 Å². The number of benzene rings is 1. The zero-order valence-corrected chi connectivity index (χ0v) is 17.4. The van der Waals surface area contributed by atoms with Crippen molar-refractivity contribution >= 4 is 27.6 Å². The predicted molar refractivity (Wildman–Crippen MR) is 108 cm³/mol. The average molecular weight is 475 g/mol. The van der Waals surface area contributed by atoms with Gasteiger partial charge < -0.3 is 15.1 Å². The summed E-state index contributed by atoms with van der Waals surface area (Å²) >= 11 is 0. The summed E-state index contributed by atoms with van der Waals surface area (Å²) in [4.78, 5) is 14.5. The number of hydrogen-bond acceptors (Lipinski definition) is 6. The summed E-state index contributed by atoms with van der Waals surface area (Å²) in [6.45, 7) is 2.26. The molecule has 1 amide bonds. The third kappa shape index (κ3) is 4.24. The fourth-order valence-corrected chi connectivity index (χ4v) is 3.97. The number of piperidine rings is 1. The SMILES string of the molecule is CC1(c2nnc(-c3cccnc3Nc3ccc(S(F)(F)(F)(F)F)cc3)o2)CCCNC1=O. The van der Waals surface area contributed by atoms with Gasteiger partial charge in [0, 0.05) is 18.4 Å². The quantitative estimate of drug-likeness (QED) is 0.460. The lowest BCUT2D eigenvalue weighted by Crippen LogP contribution is -2.47. The second-order valence-electron chi connectivity index (χ2n) is 7.62. The zero-order chi connectivity index (χ0) is 23.3. The van der Waals surface area contributed by atoms with Gasteiger partial charge in [-0.3, -0.25) is 4.79 Å². The van der Waals surface area contributed by atoms with E-state index in [-0.39, 0.29) is 29.2 Å². The van der Waals surface area contributed by atoms with Crippen molar-refractivity contribution < 1.29 is 28.6 Å². The van der Waals surface area contributed by atoms with E-state index in [2.05, 4.69) is 25.8 Å². The van der Waals surface area contributed by atoms with Crippen molar-refractivity contribution in [2.75, 3.05) is 11.9 Å². The van der Waals surface area contributed by atoms with Crippen LogP contribution in [0.15, 0.2) is 51.9 Å². The molecule has 0 bridgehead atoms. The largest absolute Gasteiger partial charge is 0.419 e. The van der Waals surface area contributed by atoms with Crippen LogP contribution in [-0.4, -0.2) is 27.6 Å². The first-order valence-electron chi connectivity index (χ1n) is 9.45. The Morgan fingerprint density at radius 1 is 1.09 bits per heavy atom. The molecule has 1 unspecified atom stereocenters. The van der Waals surface area contributed by atoms with Gasteiger partial charge in [-0.05, 0) is 56.2 Å². The summed E-state index contributed by atoms with van der Waals surface area (Å²) in [5, 5.41) is 13.5. The van der Waals surface area contributed by atoms with Crippen LogP contribution >= 0.6 is 10.2 Å². The molecule has 13 heteroatoms. The number of rotatable bonds is 5. The molecule has 3 aromatic rings. The number of pyridine rings is 1. The Morgan fingerprint density at radius 2 is 1.81 bits per heavy atom. The van der Waals surface area contributed by atoms with Gasteiger partial charge in [0.1, 0.15) is 16.1 Å².